The number of carbonyl (C=O) groups is 3. The van der Waals surface area contributed by atoms with Gasteiger partial charge in [-0.1, -0.05) is 6.07 Å². The Bertz CT molecular complexity index is 1180. The van der Waals surface area contributed by atoms with Gasteiger partial charge in [-0.3, -0.25) is 29.4 Å². The molecule has 0 bridgehead atoms. The highest BCUT2D eigenvalue weighted by molar-refractivity contribution is 8.18. The van der Waals surface area contributed by atoms with Crippen LogP contribution in [-0.4, -0.2) is 45.6 Å². The predicted molar refractivity (Wildman–Crippen MR) is 119 cm³/mol. The second-order valence-corrected chi connectivity index (χ2v) is 7.96. The van der Waals surface area contributed by atoms with Crippen molar-refractivity contribution in [2.24, 2.45) is 0 Å². The Hall–Kier alpha value is -3.86. The van der Waals surface area contributed by atoms with Crippen molar-refractivity contribution in [1.82, 2.24) is 4.90 Å². The summed E-state index contributed by atoms with van der Waals surface area (Å²) in [6, 6.07) is 7.70. The molecule has 1 aliphatic heterocycles. The van der Waals surface area contributed by atoms with Crippen molar-refractivity contribution in [3.05, 3.63) is 62.0 Å². The third kappa shape index (κ3) is 4.72. The van der Waals surface area contributed by atoms with E-state index in [1.165, 1.54) is 19.3 Å². The number of aromatic hydroxyl groups is 1. The Labute approximate surface area is 187 Å². The van der Waals surface area contributed by atoms with Crippen LogP contribution in [0.1, 0.15) is 16.7 Å². The lowest BCUT2D eigenvalue weighted by molar-refractivity contribution is -0.386. The Morgan fingerprint density at radius 2 is 1.97 bits per heavy atom. The number of carbonyl (C=O) groups excluding carboxylic acids is 3. The Morgan fingerprint density at radius 1 is 1.25 bits per heavy atom. The van der Waals surface area contributed by atoms with Crippen molar-refractivity contribution in [2.75, 3.05) is 19.0 Å². The normalized spacial score (nSPS) is 14.7. The van der Waals surface area contributed by atoms with E-state index in [-0.39, 0.29) is 16.2 Å². The molecule has 166 valence electrons. The summed E-state index contributed by atoms with van der Waals surface area (Å²) in [5, 5.41) is 23.0. The number of nitrogens with zero attached hydrogens (tertiary/aromatic N) is 2. The van der Waals surface area contributed by atoms with Gasteiger partial charge in [-0.25, -0.2) is 0 Å². The summed E-state index contributed by atoms with van der Waals surface area (Å²) in [5.74, 6) is -2.05. The van der Waals surface area contributed by atoms with Gasteiger partial charge in [0.15, 0.2) is 5.75 Å². The molecule has 32 heavy (non-hydrogen) atoms. The molecule has 0 unspecified atom stereocenters. The molecule has 3 rings (SSSR count). The van der Waals surface area contributed by atoms with Crippen molar-refractivity contribution in [1.29, 1.82) is 0 Å². The van der Waals surface area contributed by atoms with E-state index in [4.69, 9.17) is 4.74 Å². The van der Waals surface area contributed by atoms with E-state index >= 15 is 0 Å². The summed E-state index contributed by atoms with van der Waals surface area (Å²) in [7, 11) is 1.23. The molecule has 0 atom stereocenters. The Morgan fingerprint density at radius 3 is 2.59 bits per heavy atom. The zero-order valence-corrected chi connectivity index (χ0v) is 18.2. The van der Waals surface area contributed by atoms with Crippen molar-refractivity contribution in [3.8, 4) is 11.5 Å². The molecule has 1 heterocycles. The number of anilines is 1. The van der Waals surface area contributed by atoms with Crippen LogP contribution in [-0.2, 0) is 9.59 Å². The number of phenolic OH excluding ortho intramolecular Hbond substituents is 1. The maximum absolute atomic E-state index is 12.7. The summed E-state index contributed by atoms with van der Waals surface area (Å²) in [6.07, 6.45) is 1.26. The van der Waals surface area contributed by atoms with Crippen LogP contribution in [0.2, 0.25) is 0 Å². The van der Waals surface area contributed by atoms with Crippen molar-refractivity contribution < 1.29 is 29.2 Å². The summed E-state index contributed by atoms with van der Waals surface area (Å²) in [6.45, 7) is 3.36. The number of phenols is 1. The number of hydrogen-bond donors (Lipinski definition) is 2. The van der Waals surface area contributed by atoms with Crippen LogP contribution in [0, 0.1) is 24.0 Å². The van der Waals surface area contributed by atoms with E-state index in [1.54, 1.807) is 12.1 Å². The number of amides is 3. The minimum atomic E-state index is -0.794. The van der Waals surface area contributed by atoms with Gasteiger partial charge in [0.25, 0.3) is 11.1 Å². The van der Waals surface area contributed by atoms with Gasteiger partial charge in [-0.2, -0.15) is 0 Å². The predicted octanol–water partition coefficient (Wildman–Crippen LogP) is 3.60. The molecular weight excluding hydrogens is 438 g/mol. The van der Waals surface area contributed by atoms with Crippen LogP contribution in [0.5, 0.6) is 11.5 Å². The first-order valence-electron chi connectivity index (χ1n) is 9.28. The average molecular weight is 457 g/mol. The van der Waals surface area contributed by atoms with E-state index in [0.717, 1.165) is 22.1 Å². The zero-order valence-electron chi connectivity index (χ0n) is 17.4. The smallest absolute Gasteiger partial charge is 0.315 e. The third-order valence-electron chi connectivity index (χ3n) is 4.76. The van der Waals surface area contributed by atoms with E-state index in [9.17, 15) is 29.6 Å². The third-order valence-corrected chi connectivity index (χ3v) is 5.66. The SMILES string of the molecule is COc1cc(/C=C2/SC(=O)N(CC(=O)Nc3ccc(C)c(C)c3)C2=O)cc([N+](=O)[O-])c1O. The number of hydrogen-bond acceptors (Lipinski definition) is 8. The molecule has 10 nitrogen and oxygen atoms in total. The molecule has 0 radical (unpaired) electrons. The number of thioether (sulfide) groups is 1. The summed E-state index contributed by atoms with van der Waals surface area (Å²) in [4.78, 5) is 48.5. The molecule has 0 aliphatic carbocycles. The van der Waals surface area contributed by atoms with Crippen LogP contribution in [0.25, 0.3) is 6.08 Å². The van der Waals surface area contributed by atoms with E-state index in [2.05, 4.69) is 5.32 Å². The van der Waals surface area contributed by atoms with Crippen LogP contribution in [0.3, 0.4) is 0 Å². The molecule has 1 saturated heterocycles. The second-order valence-electron chi connectivity index (χ2n) is 6.96. The lowest BCUT2D eigenvalue weighted by atomic mass is 10.1. The van der Waals surface area contributed by atoms with Gasteiger partial charge in [0.2, 0.25) is 11.7 Å². The maximum Gasteiger partial charge on any atom is 0.315 e. The zero-order chi connectivity index (χ0) is 23.6. The van der Waals surface area contributed by atoms with Crippen molar-refractivity contribution >= 4 is 46.3 Å². The first kappa shape index (κ1) is 22.8. The highest BCUT2D eigenvalue weighted by Gasteiger charge is 2.36. The standard InChI is InChI=1S/C21H19N3O7S/c1-11-4-5-14(6-12(11)2)22-18(25)10-23-20(27)17(32-21(23)28)9-13-7-15(24(29)30)19(26)16(8-13)31-3/h4-9,26H,10H2,1-3H3,(H,22,25)/b17-9+. The van der Waals surface area contributed by atoms with Gasteiger partial charge in [0, 0.05) is 11.8 Å². The number of ether oxygens (including phenoxy) is 1. The molecule has 0 aromatic heterocycles. The molecule has 2 aromatic rings. The Balaban J connectivity index is 1.79. The summed E-state index contributed by atoms with van der Waals surface area (Å²) < 4.78 is 4.93. The van der Waals surface area contributed by atoms with Gasteiger partial charge >= 0.3 is 5.69 Å². The molecular formula is C21H19N3O7S. The molecule has 11 heteroatoms. The van der Waals surface area contributed by atoms with Crippen LogP contribution in [0.4, 0.5) is 16.2 Å². The maximum atomic E-state index is 12.7. The average Bonchev–Trinajstić information content (AvgIpc) is 2.99. The number of nitro groups is 1. The first-order chi connectivity index (χ1) is 15.1. The number of rotatable bonds is 6. The highest BCUT2D eigenvalue weighted by Crippen LogP contribution is 2.39. The fourth-order valence-electron chi connectivity index (χ4n) is 2.94. The van der Waals surface area contributed by atoms with E-state index < -0.39 is 40.0 Å². The molecule has 3 amide bonds. The first-order valence-corrected chi connectivity index (χ1v) is 10.1. The molecule has 0 spiro atoms. The van der Waals surface area contributed by atoms with E-state index in [1.807, 2.05) is 19.9 Å². The largest absolute Gasteiger partial charge is 0.500 e. The van der Waals surface area contributed by atoms with Gasteiger partial charge in [0.1, 0.15) is 6.54 Å². The lowest BCUT2D eigenvalue weighted by Crippen LogP contribution is -2.36. The number of imide groups is 1. The molecule has 1 fully saturated rings. The van der Waals surface area contributed by atoms with Gasteiger partial charge in [0.05, 0.1) is 16.9 Å². The molecule has 0 saturated carbocycles. The van der Waals surface area contributed by atoms with E-state index in [0.29, 0.717) is 17.4 Å². The van der Waals surface area contributed by atoms with Crippen molar-refractivity contribution in [2.45, 2.75) is 13.8 Å². The summed E-state index contributed by atoms with van der Waals surface area (Å²) in [5.41, 5.74) is 2.16. The number of methoxy groups -OCH3 is 1. The van der Waals surface area contributed by atoms with Crippen molar-refractivity contribution in [3.63, 3.8) is 0 Å². The quantitative estimate of drug-likeness (QED) is 0.381. The molecule has 2 N–H and O–H groups in total. The van der Waals surface area contributed by atoms with Gasteiger partial charge in [-0.15, -0.1) is 0 Å². The fourth-order valence-corrected chi connectivity index (χ4v) is 3.78. The Kier molecular flexibility index (Phi) is 6.49. The lowest BCUT2D eigenvalue weighted by Gasteiger charge is -2.13. The number of aryl methyl sites for hydroxylation is 2. The minimum absolute atomic E-state index is 0.0176. The fraction of sp³-hybridized carbons (Fsp3) is 0.190. The topological polar surface area (TPSA) is 139 Å². The number of nitro benzene ring substituents is 1. The second kappa shape index (κ2) is 9.10. The minimum Gasteiger partial charge on any atom is -0.500 e. The summed E-state index contributed by atoms with van der Waals surface area (Å²) >= 11 is 0.607. The monoisotopic (exact) mass is 457 g/mol. The van der Waals surface area contributed by atoms with Crippen LogP contribution >= 0.6 is 11.8 Å². The van der Waals surface area contributed by atoms with Gasteiger partial charge in [-0.05, 0) is 66.6 Å². The van der Waals surface area contributed by atoms with Crippen LogP contribution in [0.15, 0.2) is 35.2 Å². The molecule has 1 aliphatic rings. The number of benzene rings is 2. The molecule has 2 aromatic carbocycles. The highest BCUT2D eigenvalue weighted by atomic mass is 32.2. The van der Waals surface area contributed by atoms with Gasteiger partial charge < -0.3 is 15.2 Å². The van der Waals surface area contributed by atoms with Crippen LogP contribution < -0.4 is 10.1 Å². The number of nitrogens with one attached hydrogen (secondary N) is 1.